The summed E-state index contributed by atoms with van der Waals surface area (Å²) in [6.07, 6.45) is 7.31. The van der Waals surface area contributed by atoms with E-state index in [-0.39, 0.29) is 0 Å². The Bertz CT molecular complexity index is 127. The van der Waals surface area contributed by atoms with Gasteiger partial charge in [-0.3, -0.25) is 0 Å². The number of hydrogen-bond donors (Lipinski definition) is 1. The molecule has 0 saturated heterocycles. The van der Waals surface area contributed by atoms with Crippen molar-refractivity contribution in [3.05, 3.63) is 12.7 Å². The van der Waals surface area contributed by atoms with Crippen molar-refractivity contribution in [3.63, 3.8) is 0 Å². The molecular formula is C11H21N. The van der Waals surface area contributed by atoms with E-state index in [1.807, 2.05) is 6.08 Å². The number of unbranched alkanes of at least 4 members (excludes halogenated alkanes) is 1. The van der Waals surface area contributed by atoms with E-state index in [4.69, 9.17) is 0 Å². The van der Waals surface area contributed by atoms with E-state index >= 15 is 0 Å². The second-order valence-electron chi connectivity index (χ2n) is 3.95. The van der Waals surface area contributed by atoms with Crippen molar-refractivity contribution >= 4 is 0 Å². The standard InChI is InChI=1S/C11H21N/c1-3-4-5-8-12-9-10(2)11-6-7-11/h3,10-12H,1,4-9H2,2H3. The summed E-state index contributed by atoms with van der Waals surface area (Å²) in [5, 5.41) is 3.49. The van der Waals surface area contributed by atoms with Crippen molar-refractivity contribution in [3.8, 4) is 0 Å². The van der Waals surface area contributed by atoms with Crippen molar-refractivity contribution in [1.29, 1.82) is 0 Å². The van der Waals surface area contributed by atoms with E-state index in [1.54, 1.807) is 0 Å². The molecule has 1 fully saturated rings. The minimum Gasteiger partial charge on any atom is -0.316 e. The molecule has 1 N–H and O–H groups in total. The van der Waals surface area contributed by atoms with Gasteiger partial charge in [-0.15, -0.1) is 6.58 Å². The van der Waals surface area contributed by atoms with Crippen LogP contribution in [0.4, 0.5) is 0 Å². The molecule has 1 saturated carbocycles. The Hall–Kier alpha value is -0.300. The molecule has 0 heterocycles. The van der Waals surface area contributed by atoms with E-state index in [9.17, 15) is 0 Å². The molecule has 1 rings (SSSR count). The van der Waals surface area contributed by atoms with Crippen LogP contribution in [0, 0.1) is 11.8 Å². The number of nitrogens with one attached hydrogen (secondary N) is 1. The molecule has 0 aromatic carbocycles. The molecule has 0 spiro atoms. The Morgan fingerprint density at radius 3 is 2.92 bits per heavy atom. The van der Waals surface area contributed by atoms with Crippen LogP contribution in [0.3, 0.4) is 0 Å². The van der Waals surface area contributed by atoms with Gasteiger partial charge in [0.2, 0.25) is 0 Å². The zero-order valence-electron chi connectivity index (χ0n) is 8.18. The van der Waals surface area contributed by atoms with Gasteiger partial charge in [0.15, 0.2) is 0 Å². The lowest BCUT2D eigenvalue weighted by atomic mass is 10.1. The van der Waals surface area contributed by atoms with E-state index in [0.29, 0.717) is 0 Å². The zero-order valence-corrected chi connectivity index (χ0v) is 8.18. The van der Waals surface area contributed by atoms with Gasteiger partial charge in [0.25, 0.3) is 0 Å². The highest BCUT2D eigenvalue weighted by atomic mass is 14.9. The van der Waals surface area contributed by atoms with Crippen molar-refractivity contribution in [1.82, 2.24) is 5.32 Å². The second-order valence-corrected chi connectivity index (χ2v) is 3.95. The molecule has 0 bridgehead atoms. The molecule has 1 aliphatic rings. The molecule has 12 heavy (non-hydrogen) atoms. The molecule has 0 aromatic rings. The van der Waals surface area contributed by atoms with Crippen LogP contribution < -0.4 is 5.32 Å². The van der Waals surface area contributed by atoms with Crippen molar-refractivity contribution in [2.24, 2.45) is 11.8 Å². The maximum Gasteiger partial charge on any atom is -0.00205 e. The predicted molar refractivity (Wildman–Crippen MR) is 54.2 cm³/mol. The minimum absolute atomic E-state index is 0.897. The molecule has 1 atom stereocenters. The Balaban J connectivity index is 1.84. The second kappa shape index (κ2) is 5.36. The van der Waals surface area contributed by atoms with Crippen LogP contribution in [0.5, 0.6) is 0 Å². The third-order valence-corrected chi connectivity index (χ3v) is 2.65. The Labute approximate surface area is 76.2 Å². The van der Waals surface area contributed by atoms with E-state index < -0.39 is 0 Å². The fourth-order valence-corrected chi connectivity index (χ4v) is 1.53. The van der Waals surface area contributed by atoms with Crippen LogP contribution in [-0.4, -0.2) is 13.1 Å². The monoisotopic (exact) mass is 167 g/mol. The third kappa shape index (κ3) is 3.91. The Kier molecular flexibility index (Phi) is 4.37. The first kappa shape index (κ1) is 9.79. The van der Waals surface area contributed by atoms with Gasteiger partial charge in [-0.1, -0.05) is 13.0 Å². The van der Waals surface area contributed by atoms with Crippen LogP contribution >= 0.6 is 0 Å². The average molecular weight is 167 g/mol. The van der Waals surface area contributed by atoms with Gasteiger partial charge in [0, 0.05) is 0 Å². The molecule has 0 aromatic heterocycles. The summed E-state index contributed by atoms with van der Waals surface area (Å²) in [4.78, 5) is 0. The van der Waals surface area contributed by atoms with Gasteiger partial charge >= 0.3 is 0 Å². The highest BCUT2D eigenvalue weighted by Gasteiger charge is 2.26. The lowest BCUT2D eigenvalue weighted by molar-refractivity contribution is 0.460. The number of rotatable bonds is 7. The first-order chi connectivity index (χ1) is 5.84. The molecule has 1 nitrogen and oxygen atoms in total. The van der Waals surface area contributed by atoms with Gasteiger partial charge in [-0.05, 0) is 50.6 Å². The average Bonchev–Trinajstić information content (AvgIpc) is 2.86. The highest BCUT2D eigenvalue weighted by Crippen LogP contribution is 2.35. The fourth-order valence-electron chi connectivity index (χ4n) is 1.53. The number of hydrogen-bond acceptors (Lipinski definition) is 1. The minimum atomic E-state index is 0.897. The van der Waals surface area contributed by atoms with E-state index in [0.717, 1.165) is 24.8 Å². The third-order valence-electron chi connectivity index (χ3n) is 2.65. The van der Waals surface area contributed by atoms with Gasteiger partial charge in [-0.25, -0.2) is 0 Å². The predicted octanol–water partition coefficient (Wildman–Crippen LogP) is 2.59. The molecule has 1 aliphatic carbocycles. The van der Waals surface area contributed by atoms with Crippen molar-refractivity contribution in [2.45, 2.75) is 32.6 Å². The topological polar surface area (TPSA) is 12.0 Å². The largest absolute Gasteiger partial charge is 0.316 e. The normalized spacial score (nSPS) is 19.1. The van der Waals surface area contributed by atoms with Gasteiger partial charge in [0.05, 0.1) is 0 Å². The summed E-state index contributed by atoms with van der Waals surface area (Å²) in [5.74, 6) is 1.94. The summed E-state index contributed by atoms with van der Waals surface area (Å²) in [6.45, 7) is 8.43. The Morgan fingerprint density at radius 2 is 2.33 bits per heavy atom. The first-order valence-corrected chi connectivity index (χ1v) is 5.16. The van der Waals surface area contributed by atoms with Crippen LogP contribution in [0.2, 0.25) is 0 Å². The highest BCUT2D eigenvalue weighted by molar-refractivity contribution is 4.79. The van der Waals surface area contributed by atoms with Crippen molar-refractivity contribution < 1.29 is 0 Å². The molecule has 1 unspecified atom stereocenters. The van der Waals surface area contributed by atoms with Gasteiger partial charge in [0.1, 0.15) is 0 Å². The van der Waals surface area contributed by atoms with Crippen LogP contribution in [0.25, 0.3) is 0 Å². The number of allylic oxidation sites excluding steroid dienone is 1. The van der Waals surface area contributed by atoms with Crippen LogP contribution in [0.1, 0.15) is 32.6 Å². The summed E-state index contributed by atoms with van der Waals surface area (Å²) in [6, 6.07) is 0. The van der Waals surface area contributed by atoms with Crippen LogP contribution in [-0.2, 0) is 0 Å². The van der Waals surface area contributed by atoms with E-state index in [1.165, 1.54) is 25.8 Å². The lowest BCUT2D eigenvalue weighted by Gasteiger charge is -2.10. The fraction of sp³-hybridized carbons (Fsp3) is 0.818. The maximum atomic E-state index is 3.70. The summed E-state index contributed by atoms with van der Waals surface area (Å²) in [7, 11) is 0. The van der Waals surface area contributed by atoms with Gasteiger partial charge < -0.3 is 5.32 Å². The zero-order chi connectivity index (χ0) is 8.81. The summed E-state index contributed by atoms with van der Waals surface area (Å²) >= 11 is 0. The lowest BCUT2D eigenvalue weighted by Crippen LogP contribution is -2.23. The Morgan fingerprint density at radius 1 is 1.58 bits per heavy atom. The molecule has 0 aliphatic heterocycles. The summed E-state index contributed by atoms with van der Waals surface area (Å²) in [5.41, 5.74) is 0. The van der Waals surface area contributed by atoms with E-state index in [2.05, 4.69) is 18.8 Å². The first-order valence-electron chi connectivity index (χ1n) is 5.16. The van der Waals surface area contributed by atoms with Crippen LogP contribution in [0.15, 0.2) is 12.7 Å². The van der Waals surface area contributed by atoms with Gasteiger partial charge in [-0.2, -0.15) is 0 Å². The summed E-state index contributed by atoms with van der Waals surface area (Å²) < 4.78 is 0. The smallest absolute Gasteiger partial charge is 0.00205 e. The maximum absolute atomic E-state index is 3.70. The quantitative estimate of drug-likeness (QED) is 0.454. The molecule has 0 radical (unpaired) electrons. The van der Waals surface area contributed by atoms with Crippen molar-refractivity contribution in [2.75, 3.05) is 13.1 Å². The molecular weight excluding hydrogens is 146 g/mol. The molecule has 0 amide bonds. The molecule has 70 valence electrons. The molecule has 1 heteroatoms. The SMILES string of the molecule is C=CCCCNCC(C)C1CC1.